The van der Waals surface area contributed by atoms with Gasteiger partial charge >= 0.3 is 0 Å². The molecule has 0 aliphatic carbocycles. The van der Waals surface area contributed by atoms with Gasteiger partial charge in [0.15, 0.2) is 0 Å². The molecule has 0 N–H and O–H groups in total. The van der Waals surface area contributed by atoms with Crippen LogP contribution in [0.1, 0.15) is 20.3 Å². The highest BCUT2D eigenvalue weighted by Gasteiger charge is 1.88. The molecule has 0 heterocycles. The van der Waals surface area contributed by atoms with E-state index in [9.17, 15) is 0 Å². The molecule has 10 heavy (non-hydrogen) atoms. The van der Waals surface area contributed by atoms with Crippen LogP contribution in [0.4, 0.5) is 0 Å². The fourth-order valence-corrected chi connectivity index (χ4v) is 0.742. The Morgan fingerprint density at radius 2 is 2.00 bits per heavy atom. The van der Waals surface area contributed by atoms with E-state index in [2.05, 4.69) is 51.1 Å². The molecule has 0 aromatic heterocycles. The Morgan fingerprint density at radius 1 is 1.40 bits per heavy atom. The lowest BCUT2D eigenvalue weighted by atomic mass is 10.3. The topological polar surface area (TPSA) is 3.24 Å². The summed E-state index contributed by atoms with van der Waals surface area (Å²) in [5.41, 5.74) is 1.27. The first-order valence-corrected chi connectivity index (χ1v) is 3.72. The van der Waals surface area contributed by atoms with Crippen molar-refractivity contribution < 1.29 is 0 Å². The zero-order valence-corrected chi connectivity index (χ0v) is 7.39. The molecule has 1 nitrogen and oxygen atoms in total. The zero-order chi connectivity index (χ0) is 7.98. The maximum absolute atomic E-state index is 2.16. The van der Waals surface area contributed by atoms with Gasteiger partial charge in [0.2, 0.25) is 0 Å². The van der Waals surface area contributed by atoms with Crippen LogP contribution >= 0.6 is 0 Å². The van der Waals surface area contributed by atoms with Gasteiger partial charge in [-0.25, -0.2) is 0 Å². The van der Waals surface area contributed by atoms with Gasteiger partial charge in [-0.1, -0.05) is 19.1 Å². The highest BCUT2D eigenvalue weighted by molar-refractivity contribution is 5.15. The molecule has 0 radical (unpaired) electrons. The summed E-state index contributed by atoms with van der Waals surface area (Å²) >= 11 is 0. The molecular weight excluding hydrogens is 122 g/mol. The molecule has 1 heteroatoms. The minimum absolute atomic E-state index is 1.10. The first-order chi connectivity index (χ1) is 4.72. The largest absolute Gasteiger partial charge is 0.378 e. The maximum atomic E-state index is 2.16. The summed E-state index contributed by atoms with van der Waals surface area (Å²) in [4.78, 5) is 2.10. The molecule has 58 valence electrons. The van der Waals surface area contributed by atoms with Crippen molar-refractivity contribution in [3.05, 3.63) is 23.9 Å². The Hall–Kier alpha value is -0.720. The number of hydrogen-bond donors (Lipinski definition) is 0. The Bertz CT molecular complexity index is 132. The van der Waals surface area contributed by atoms with Gasteiger partial charge in [-0.3, -0.25) is 0 Å². The Balaban J connectivity index is 3.98. The second kappa shape index (κ2) is 5.10. The number of likely N-dealkylation sites (N-methyl/N-ethyl adjacent to an activating group) is 1. The fraction of sp³-hybridized carbons (Fsp3) is 0.556. The van der Waals surface area contributed by atoms with Crippen molar-refractivity contribution in [1.82, 2.24) is 4.90 Å². The molecule has 0 rings (SSSR count). The van der Waals surface area contributed by atoms with Crippen LogP contribution < -0.4 is 0 Å². The van der Waals surface area contributed by atoms with Gasteiger partial charge in [-0.05, 0) is 19.4 Å². The minimum atomic E-state index is 1.10. The van der Waals surface area contributed by atoms with Gasteiger partial charge in [0.05, 0.1) is 0 Å². The molecule has 0 saturated carbocycles. The highest BCUT2D eigenvalue weighted by atomic mass is 15.1. The normalized spacial score (nSPS) is 12.6. The minimum Gasteiger partial charge on any atom is -0.378 e. The van der Waals surface area contributed by atoms with Crippen molar-refractivity contribution in [3.63, 3.8) is 0 Å². The average Bonchev–Trinajstić information content (AvgIpc) is 1.89. The predicted molar refractivity (Wildman–Crippen MR) is 46.9 cm³/mol. The smallest absolute Gasteiger partial charge is 0.0314 e. The number of allylic oxidation sites excluding steroid dienone is 3. The fourth-order valence-electron chi connectivity index (χ4n) is 0.742. The van der Waals surface area contributed by atoms with Gasteiger partial charge in [0, 0.05) is 19.8 Å². The van der Waals surface area contributed by atoms with Gasteiger partial charge in [0.1, 0.15) is 0 Å². The molecule has 0 aromatic rings. The summed E-state index contributed by atoms with van der Waals surface area (Å²) in [6.45, 7) is 4.19. The van der Waals surface area contributed by atoms with Crippen LogP contribution in [0, 0.1) is 0 Å². The van der Waals surface area contributed by atoms with Crippen LogP contribution in [-0.4, -0.2) is 19.0 Å². The van der Waals surface area contributed by atoms with E-state index in [1.54, 1.807) is 0 Å². The van der Waals surface area contributed by atoms with Crippen LogP contribution in [0.2, 0.25) is 0 Å². The van der Waals surface area contributed by atoms with Crippen molar-refractivity contribution in [1.29, 1.82) is 0 Å². The van der Waals surface area contributed by atoms with E-state index in [0.717, 1.165) is 6.42 Å². The summed E-state index contributed by atoms with van der Waals surface area (Å²) in [5.74, 6) is 0. The SMILES string of the molecule is CC=C(C=CCC)N(C)C. The summed E-state index contributed by atoms with van der Waals surface area (Å²) in [6, 6.07) is 0. The van der Waals surface area contributed by atoms with Gasteiger partial charge in [-0.15, -0.1) is 0 Å². The van der Waals surface area contributed by atoms with E-state index in [4.69, 9.17) is 0 Å². The molecule has 0 saturated heterocycles. The van der Waals surface area contributed by atoms with Gasteiger partial charge in [0.25, 0.3) is 0 Å². The summed E-state index contributed by atoms with van der Waals surface area (Å²) < 4.78 is 0. The van der Waals surface area contributed by atoms with Gasteiger partial charge < -0.3 is 4.90 Å². The molecule has 0 fully saturated rings. The van der Waals surface area contributed by atoms with Crippen LogP contribution in [0.15, 0.2) is 23.9 Å². The third-order valence-corrected chi connectivity index (χ3v) is 1.34. The quantitative estimate of drug-likeness (QED) is 0.543. The molecule has 0 unspecified atom stereocenters. The average molecular weight is 139 g/mol. The molecule has 0 atom stereocenters. The molecule has 0 spiro atoms. The number of rotatable bonds is 3. The lowest BCUT2D eigenvalue weighted by Gasteiger charge is -2.12. The van der Waals surface area contributed by atoms with E-state index in [-0.39, 0.29) is 0 Å². The molecule has 0 amide bonds. The monoisotopic (exact) mass is 139 g/mol. The first-order valence-electron chi connectivity index (χ1n) is 3.72. The molecule has 0 bridgehead atoms. The third kappa shape index (κ3) is 3.33. The Morgan fingerprint density at radius 3 is 2.30 bits per heavy atom. The van der Waals surface area contributed by atoms with E-state index >= 15 is 0 Å². The third-order valence-electron chi connectivity index (χ3n) is 1.34. The van der Waals surface area contributed by atoms with Gasteiger partial charge in [-0.2, -0.15) is 0 Å². The van der Waals surface area contributed by atoms with Crippen molar-refractivity contribution in [2.75, 3.05) is 14.1 Å². The van der Waals surface area contributed by atoms with Crippen LogP contribution in [0.25, 0.3) is 0 Å². The number of nitrogens with zero attached hydrogens (tertiary/aromatic N) is 1. The van der Waals surface area contributed by atoms with Crippen molar-refractivity contribution in [2.45, 2.75) is 20.3 Å². The van der Waals surface area contributed by atoms with Crippen molar-refractivity contribution in [2.24, 2.45) is 0 Å². The lowest BCUT2D eigenvalue weighted by molar-refractivity contribution is 0.528. The highest BCUT2D eigenvalue weighted by Crippen LogP contribution is 1.99. The van der Waals surface area contributed by atoms with Crippen LogP contribution in [-0.2, 0) is 0 Å². The number of hydrogen-bond acceptors (Lipinski definition) is 1. The zero-order valence-electron chi connectivity index (χ0n) is 7.39. The van der Waals surface area contributed by atoms with E-state index in [1.807, 2.05) is 0 Å². The van der Waals surface area contributed by atoms with E-state index in [1.165, 1.54) is 5.70 Å². The second-order valence-corrected chi connectivity index (χ2v) is 2.42. The first kappa shape index (κ1) is 9.28. The Labute approximate surface area is 64.0 Å². The lowest BCUT2D eigenvalue weighted by Crippen LogP contribution is -2.08. The van der Waals surface area contributed by atoms with Crippen LogP contribution in [0.3, 0.4) is 0 Å². The molecule has 0 aliphatic heterocycles. The summed E-state index contributed by atoms with van der Waals surface area (Å²) in [6.07, 6.45) is 7.51. The Kier molecular flexibility index (Phi) is 4.73. The molecule has 0 aliphatic rings. The molecule has 0 aromatic carbocycles. The van der Waals surface area contributed by atoms with Crippen molar-refractivity contribution in [3.8, 4) is 0 Å². The van der Waals surface area contributed by atoms with E-state index < -0.39 is 0 Å². The van der Waals surface area contributed by atoms with Crippen LogP contribution in [0.5, 0.6) is 0 Å². The second-order valence-electron chi connectivity index (χ2n) is 2.42. The standard InChI is InChI=1S/C9H17N/c1-5-7-8-9(6-2)10(3)4/h6-8H,5H2,1-4H3. The summed E-state index contributed by atoms with van der Waals surface area (Å²) in [7, 11) is 4.10. The summed E-state index contributed by atoms with van der Waals surface area (Å²) in [5, 5.41) is 0. The van der Waals surface area contributed by atoms with Crippen molar-refractivity contribution >= 4 is 0 Å². The maximum Gasteiger partial charge on any atom is 0.0314 e. The van der Waals surface area contributed by atoms with E-state index in [0.29, 0.717) is 0 Å². The molecular formula is C9H17N. The predicted octanol–water partition coefficient (Wildman–Crippen LogP) is 2.42.